The van der Waals surface area contributed by atoms with Gasteiger partial charge < -0.3 is 15.4 Å². The molecule has 0 bridgehead atoms. The maximum atomic E-state index is 13.1. The quantitative estimate of drug-likeness (QED) is 0.523. The number of hydrogen-bond acceptors (Lipinski definition) is 6. The van der Waals surface area contributed by atoms with Crippen LogP contribution < -0.4 is 21.5 Å². The van der Waals surface area contributed by atoms with Gasteiger partial charge in [0.05, 0.1) is 32.1 Å². The van der Waals surface area contributed by atoms with Gasteiger partial charge in [-0.05, 0) is 76.2 Å². The highest BCUT2D eigenvalue weighted by molar-refractivity contribution is 5.82. The van der Waals surface area contributed by atoms with Crippen molar-refractivity contribution in [2.24, 2.45) is 23.2 Å². The summed E-state index contributed by atoms with van der Waals surface area (Å²) >= 11 is 0. The van der Waals surface area contributed by atoms with Gasteiger partial charge in [-0.15, -0.1) is 0 Å². The molecule has 4 N–H and O–H groups in total. The summed E-state index contributed by atoms with van der Waals surface area (Å²) in [6, 6.07) is 0.881. The van der Waals surface area contributed by atoms with E-state index in [0.717, 1.165) is 51.5 Å². The number of amides is 1. The van der Waals surface area contributed by atoms with E-state index in [1.807, 2.05) is 0 Å². The van der Waals surface area contributed by atoms with Crippen molar-refractivity contribution < 1.29 is 9.53 Å². The van der Waals surface area contributed by atoms with Crippen molar-refractivity contribution in [3.8, 4) is 0 Å². The van der Waals surface area contributed by atoms with E-state index in [1.54, 1.807) is 0 Å². The molecule has 6 unspecified atom stereocenters. The van der Waals surface area contributed by atoms with Gasteiger partial charge in [-0.1, -0.05) is 13.3 Å². The minimum Gasteiger partial charge on any atom is -0.380 e. The lowest BCUT2D eigenvalue weighted by molar-refractivity contribution is -0.166. The fourth-order valence-corrected chi connectivity index (χ4v) is 6.50. The number of nitrogens with one attached hydrogen (secondary N) is 4. The summed E-state index contributed by atoms with van der Waals surface area (Å²) in [5, 5.41) is 7.16. The van der Waals surface area contributed by atoms with Crippen LogP contribution in [0.1, 0.15) is 64.7 Å². The van der Waals surface area contributed by atoms with Crippen LogP contribution in [0.5, 0.6) is 0 Å². The fourth-order valence-electron chi connectivity index (χ4n) is 6.50. The Kier molecular flexibility index (Phi) is 6.10. The molecule has 0 aromatic heterocycles. The molecular weight excluding hydrogens is 378 g/mol. The van der Waals surface area contributed by atoms with Crippen molar-refractivity contribution >= 4 is 5.91 Å². The first-order chi connectivity index (χ1) is 14.5. The number of hydrogen-bond donors (Lipinski definition) is 4. The lowest BCUT2D eigenvalue weighted by Crippen LogP contribution is -2.58. The Balaban J connectivity index is 1.17. The third-order valence-corrected chi connectivity index (χ3v) is 8.61. The van der Waals surface area contributed by atoms with Crippen molar-refractivity contribution in [2.75, 3.05) is 26.9 Å². The molecule has 7 nitrogen and oxygen atoms in total. The molecule has 1 amide bonds. The van der Waals surface area contributed by atoms with Gasteiger partial charge in [0.15, 0.2) is 0 Å². The van der Waals surface area contributed by atoms with Crippen LogP contribution >= 0.6 is 0 Å². The van der Waals surface area contributed by atoms with Crippen LogP contribution in [-0.4, -0.2) is 62.0 Å². The number of piperidine rings is 1. The second-order valence-electron chi connectivity index (χ2n) is 11.1. The topological polar surface area (TPSA) is 77.7 Å². The largest absolute Gasteiger partial charge is 0.380 e. The summed E-state index contributed by atoms with van der Waals surface area (Å²) in [7, 11) is 2.17. The molecule has 5 fully saturated rings. The monoisotopic (exact) mass is 419 g/mol. The Morgan fingerprint density at radius 1 is 1.17 bits per heavy atom. The number of nitrogens with zero attached hydrogens (tertiary/aromatic N) is 1. The Morgan fingerprint density at radius 3 is 2.67 bits per heavy atom. The van der Waals surface area contributed by atoms with Crippen molar-refractivity contribution in [3.63, 3.8) is 0 Å². The van der Waals surface area contributed by atoms with Crippen molar-refractivity contribution in [1.82, 2.24) is 26.4 Å². The zero-order valence-corrected chi connectivity index (χ0v) is 18.8. The molecule has 3 saturated heterocycles. The molecule has 3 aliphatic heterocycles. The predicted octanol–water partition coefficient (Wildman–Crippen LogP) is 1.56. The molecule has 30 heavy (non-hydrogen) atoms. The maximum absolute atomic E-state index is 13.1. The average molecular weight is 420 g/mol. The number of rotatable bonds is 6. The zero-order chi connectivity index (χ0) is 20.7. The molecule has 7 heteroatoms. The summed E-state index contributed by atoms with van der Waals surface area (Å²) in [5.41, 5.74) is 6.94. The van der Waals surface area contributed by atoms with Crippen LogP contribution in [0.2, 0.25) is 0 Å². The Bertz CT molecular complexity index is 623. The zero-order valence-electron chi connectivity index (χ0n) is 18.8. The van der Waals surface area contributed by atoms with Crippen molar-refractivity contribution in [1.29, 1.82) is 0 Å². The highest BCUT2D eigenvalue weighted by atomic mass is 16.5. The first kappa shape index (κ1) is 21.1. The second-order valence-corrected chi connectivity index (χ2v) is 11.1. The SMILES string of the molecule is CC1CC(C(=O)NC2CCCC(C3(CC4NNCN4C)COC3)C2)NC(C2CC2)C1. The minimum absolute atomic E-state index is 0.00290. The fraction of sp³-hybridized carbons (Fsp3) is 0.957. The van der Waals surface area contributed by atoms with Gasteiger partial charge in [-0.25, -0.2) is 10.9 Å². The summed E-state index contributed by atoms with van der Waals surface area (Å²) in [5.74, 6) is 2.35. The molecule has 6 atom stereocenters. The van der Waals surface area contributed by atoms with Gasteiger partial charge in [0.1, 0.15) is 0 Å². The molecule has 2 saturated carbocycles. The number of hydrazine groups is 1. The van der Waals surface area contributed by atoms with Crippen LogP contribution in [0.3, 0.4) is 0 Å². The molecule has 170 valence electrons. The Hall–Kier alpha value is -0.730. The normalized spacial score (nSPS) is 41.9. The van der Waals surface area contributed by atoms with Crippen molar-refractivity contribution in [2.45, 2.75) is 89.0 Å². The summed E-state index contributed by atoms with van der Waals surface area (Å²) in [4.78, 5) is 15.5. The molecule has 0 radical (unpaired) electrons. The van der Waals surface area contributed by atoms with Gasteiger partial charge in [-0.3, -0.25) is 9.69 Å². The highest BCUT2D eigenvalue weighted by Crippen LogP contribution is 2.47. The van der Waals surface area contributed by atoms with Gasteiger partial charge >= 0.3 is 0 Å². The predicted molar refractivity (Wildman–Crippen MR) is 116 cm³/mol. The van der Waals surface area contributed by atoms with Gasteiger partial charge in [0, 0.05) is 17.5 Å². The molecule has 0 aromatic rings. The molecule has 3 heterocycles. The first-order valence-electron chi connectivity index (χ1n) is 12.4. The van der Waals surface area contributed by atoms with E-state index in [9.17, 15) is 4.79 Å². The molecule has 5 rings (SSSR count). The van der Waals surface area contributed by atoms with E-state index in [-0.39, 0.29) is 17.4 Å². The minimum atomic E-state index is 0.00290. The van der Waals surface area contributed by atoms with E-state index in [0.29, 0.717) is 30.1 Å². The average Bonchev–Trinajstić information content (AvgIpc) is 3.47. The molecule has 0 aromatic carbocycles. The Labute approximate surface area is 181 Å². The van der Waals surface area contributed by atoms with Crippen LogP contribution in [0.25, 0.3) is 0 Å². The number of carbonyl (C=O) groups is 1. The smallest absolute Gasteiger partial charge is 0.237 e. The van der Waals surface area contributed by atoms with Gasteiger partial charge in [0.2, 0.25) is 5.91 Å². The third kappa shape index (κ3) is 4.42. The summed E-state index contributed by atoms with van der Waals surface area (Å²) in [6.45, 7) is 4.94. The van der Waals surface area contributed by atoms with Crippen LogP contribution in [0.15, 0.2) is 0 Å². The number of ether oxygens (including phenoxy) is 1. The molecule has 2 aliphatic carbocycles. The lowest BCUT2D eigenvalue weighted by Gasteiger charge is -2.51. The van der Waals surface area contributed by atoms with E-state index in [2.05, 4.69) is 40.4 Å². The van der Waals surface area contributed by atoms with E-state index in [1.165, 1.54) is 32.1 Å². The molecular formula is C23H41N5O2. The van der Waals surface area contributed by atoms with Crippen LogP contribution in [0, 0.1) is 23.2 Å². The Morgan fingerprint density at radius 2 is 2.00 bits per heavy atom. The maximum Gasteiger partial charge on any atom is 0.237 e. The van der Waals surface area contributed by atoms with E-state index in [4.69, 9.17) is 4.74 Å². The standard InChI is InChI=1S/C23H41N5O2/c1-15-8-19(16-6-7-16)26-20(9-15)22(29)25-18-5-3-4-17(10-18)23(12-30-13-23)11-21-27-24-14-28(21)2/h15-21,24,26-27H,3-14H2,1-2H3,(H,25,29). The lowest BCUT2D eigenvalue weighted by atomic mass is 9.64. The van der Waals surface area contributed by atoms with Crippen LogP contribution in [-0.2, 0) is 9.53 Å². The molecule has 5 aliphatic rings. The van der Waals surface area contributed by atoms with Crippen LogP contribution in [0.4, 0.5) is 0 Å². The van der Waals surface area contributed by atoms with Crippen molar-refractivity contribution in [3.05, 3.63) is 0 Å². The third-order valence-electron chi connectivity index (χ3n) is 8.61. The van der Waals surface area contributed by atoms with Gasteiger partial charge in [0.25, 0.3) is 0 Å². The van der Waals surface area contributed by atoms with E-state index < -0.39 is 0 Å². The van der Waals surface area contributed by atoms with E-state index >= 15 is 0 Å². The molecule has 0 spiro atoms. The summed E-state index contributed by atoms with van der Waals surface area (Å²) < 4.78 is 5.74. The first-order valence-corrected chi connectivity index (χ1v) is 12.4. The summed E-state index contributed by atoms with van der Waals surface area (Å²) in [6.07, 6.45) is 11.1. The second kappa shape index (κ2) is 8.66. The highest BCUT2D eigenvalue weighted by Gasteiger charge is 2.49. The number of carbonyl (C=O) groups excluding carboxylic acids is 1. The van der Waals surface area contributed by atoms with Gasteiger partial charge in [-0.2, -0.15) is 0 Å².